The Balaban J connectivity index is 1.85. The predicted molar refractivity (Wildman–Crippen MR) is 89.4 cm³/mol. The summed E-state index contributed by atoms with van der Waals surface area (Å²) >= 11 is 0. The molecule has 0 aliphatic rings. The van der Waals surface area contributed by atoms with Crippen LogP contribution in [0.3, 0.4) is 0 Å². The summed E-state index contributed by atoms with van der Waals surface area (Å²) in [4.78, 5) is 23.3. The number of carbonyl (C=O) groups excluding carboxylic acids is 1. The van der Waals surface area contributed by atoms with Crippen molar-refractivity contribution in [2.45, 2.75) is 6.54 Å². The minimum atomic E-state index is -0.172. The first kappa shape index (κ1) is 16.1. The number of carbonyl (C=O) groups is 1. The van der Waals surface area contributed by atoms with Crippen molar-refractivity contribution in [1.29, 1.82) is 0 Å². The van der Waals surface area contributed by atoms with Crippen LogP contribution in [0.15, 0.2) is 42.9 Å². The zero-order chi connectivity index (χ0) is 16.9. The Bertz CT molecular complexity index is 846. The summed E-state index contributed by atoms with van der Waals surface area (Å²) in [6, 6.07) is 7.49. The Kier molecular flexibility index (Phi) is 4.81. The van der Waals surface area contributed by atoms with E-state index in [0.29, 0.717) is 30.9 Å². The molecular formula is C17H19N5O2. The second-order valence-electron chi connectivity index (χ2n) is 5.49. The number of ether oxygens (including phenoxy) is 1. The molecule has 0 bridgehead atoms. The zero-order valence-electron chi connectivity index (χ0n) is 13.7. The number of benzene rings is 1. The molecule has 1 amide bonds. The van der Waals surface area contributed by atoms with Crippen molar-refractivity contribution in [1.82, 2.24) is 24.6 Å². The van der Waals surface area contributed by atoms with Crippen LogP contribution in [0, 0.1) is 0 Å². The van der Waals surface area contributed by atoms with Gasteiger partial charge >= 0.3 is 0 Å². The number of rotatable bonds is 6. The van der Waals surface area contributed by atoms with Gasteiger partial charge in [0.2, 0.25) is 0 Å². The van der Waals surface area contributed by atoms with Crippen molar-refractivity contribution in [3.8, 4) is 0 Å². The summed E-state index contributed by atoms with van der Waals surface area (Å²) < 4.78 is 6.83. The minimum absolute atomic E-state index is 0.172. The number of para-hydroxylation sites is 2. The molecule has 0 aliphatic carbocycles. The van der Waals surface area contributed by atoms with E-state index in [1.165, 1.54) is 6.20 Å². The first-order valence-corrected chi connectivity index (χ1v) is 7.65. The van der Waals surface area contributed by atoms with E-state index < -0.39 is 0 Å². The highest BCUT2D eigenvalue weighted by atomic mass is 16.5. The van der Waals surface area contributed by atoms with Gasteiger partial charge in [-0.15, -0.1) is 0 Å². The Hall–Kier alpha value is -2.80. The molecule has 0 N–H and O–H groups in total. The molecule has 3 rings (SSSR count). The predicted octanol–water partition coefficient (Wildman–Crippen LogP) is 1.65. The van der Waals surface area contributed by atoms with Gasteiger partial charge in [-0.1, -0.05) is 12.1 Å². The first-order valence-electron chi connectivity index (χ1n) is 7.65. The molecule has 0 atom stereocenters. The molecule has 0 aliphatic heterocycles. The second kappa shape index (κ2) is 7.18. The Morgan fingerprint density at radius 2 is 2.04 bits per heavy atom. The highest BCUT2D eigenvalue weighted by Gasteiger charge is 2.18. The molecule has 3 aromatic rings. The molecule has 7 nitrogen and oxygen atoms in total. The summed E-state index contributed by atoms with van der Waals surface area (Å²) in [6.07, 6.45) is 5.16. The topological polar surface area (TPSA) is 73.1 Å². The molecule has 0 radical (unpaired) electrons. The van der Waals surface area contributed by atoms with Crippen LogP contribution in [-0.2, 0) is 18.3 Å². The van der Waals surface area contributed by atoms with Crippen LogP contribution in [0.4, 0.5) is 0 Å². The van der Waals surface area contributed by atoms with Gasteiger partial charge in [-0.05, 0) is 12.1 Å². The smallest absolute Gasteiger partial charge is 0.274 e. The fraction of sp³-hybridized carbons (Fsp3) is 0.294. The lowest BCUT2D eigenvalue weighted by atomic mass is 10.2. The van der Waals surface area contributed by atoms with Gasteiger partial charge in [0.05, 0.1) is 30.0 Å². The molecule has 124 valence electrons. The van der Waals surface area contributed by atoms with Gasteiger partial charge in [-0.2, -0.15) is 5.10 Å². The molecule has 1 aromatic carbocycles. The number of aryl methyl sites for hydroxylation is 1. The molecule has 7 heteroatoms. The van der Waals surface area contributed by atoms with Crippen LogP contribution in [0.5, 0.6) is 0 Å². The van der Waals surface area contributed by atoms with Gasteiger partial charge in [0.15, 0.2) is 0 Å². The van der Waals surface area contributed by atoms with Crippen LogP contribution >= 0.6 is 0 Å². The number of aromatic nitrogens is 4. The van der Waals surface area contributed by atoms with Gasteiger partial charge in [0.25, 0.3) is 5.91 Å². The van der Waals surface area contributed by atoms with Crippen LogP contribution < -0.4 is 0 Å². The Morgan fingerprint density at radius 1 is 1.25 bits per heavy atom. The van der Waals surface area contributed by atoms with E-state index in [0.717, 1.165) is 11.1 Å². The van der Waals surface area contributed by atoms with E-state index in [1.807, 2.05) is 37.5 Å². The number of nitrogens with zero attached hydrogens (tertiary/aromatic N) is 5. The normalized spacial score (nSPS) is 10.9. The van der Waals surface area contributed by atoms with Gasteiger partial charge in [-0.3, -0.25) is 14.5 Å². The lowest BCUT2D eigenvalue weighted by molar-refractivity contribution is 0.0674. The van der Waals surface area contributed by atoms with Crippen molar-refractivity contribution in [2.24, 2.45) is 7.05 Å². The fourth-order valence-corrected chi connectivity index (χ4v) is 2.45. The second-order valence-corrected chi connectivity index (χ2v) is 5.49. The summed E-state index contributed by atoms with van der Waals surface area (Å²) in [6.45, 7) is 1.37. The van der Waals surface area contributed by atoms with Gasteiger partial charge in [0.1, 0.15) is 5.69 Å². The van der Waals surface area contributed by atoms with Crippen LogP contribution in [0.25, 0.3) is 11.0 Å². The lowest BCUT2D eigenvalue weighted by Crippen LogP contribution is -2.34. The van der Waals surface area contributed by atoms with Gasteiger partial charge in [-0.25, -0.2) is 4.98 Å². The standard InChI is InChI=1S/C17H19N5O2/c1-21-11-13(9-19-21)12-22(7-8-24-2)17(23)16-10-18-14-5-3-4-6-15(14)20-16/h3-6,9-11H,7-8,12H2,1-2H3. The number of hydrogen-bond donors (Lipinski definition) is 0. The first-order chi connectivity index (χ1) is 11.7. The molecule has 0 saturated carbocycles. The minimum Gasteiger partial charge on any atom is -0.383 e. The maximum atomic E-state index is 12.8. The average Bonchev–Trinajstić information content (AvgIpc) is 3.02. The highest BCUT2D eigenvalue weighted by Crippen LogP contribution is 2.12. The van der Waals surface area contributed by atoms with E-state index in [2.05, 4.69) is 15.1 Å². The molecule has 0 fully saturated rings. The van der Waals surface area contributed by atoms with Crippen LogP contribution in [0.2, 0.25) is 0 Å². The number of hydrogen-bond acceptors (Lipinski definition) is 5. The molecule has 2 aromatic heterocycles. The van der Waals surface area contributed by atoms with Crippen molar-refractivity contribution in [2.75, 3.05) is 20.3 Å². The third-order valence-corrected chi connectivity index (χ3v) is 3.65. The van der Waals surface area contributed by atoms with Crippen molar-refractivity contribution in [3.63, 3.8) is 0 Å². The fourth-order valence-electron chi connectivity index (χ4n) is 2.45. The molecular weight excluding hydrogens is 306 g/mol. The van der Waals surface area contributed by atoms with Crippen LogP contribution in [0.1, 0.15) is 16.1 Å². The molecule has 2 heterocycles. The largest absolute Gasteiger partial charge is 0.383 e. The molecule has 0 unspecified atom stereocenters. The van der Waals surface area contributed by atoms with E-state index in [4.69, 9.17) is 4.74 Å². The Morgan fingerprint density at radius 3 is 2.75 bits per heavy atom. The summed E-state index contributed by atoms with van der Waals surface area (Å²) in [7, 11) is 3.46. The zero-order valence-corrected chi connectivity index (χ0v) is 13.7. The van der Waals surface area contributed by atoms with Crippen LogP contribution in [-0.4, -0.2) is 50.8 Å². The van der Waals surface area contributed by atoms with Crippen molar-refractivity contribution in [3.05, 3.63) is 54.1 Å². The molecule has 0 spiro atoms. The van der Waals surface area contributed by atoms with E-state index >= 15 is 0 Å². The number of fused-ring (bicyclic) bond motifs is 1. The monoisotopic (exact) mass is 325 g/mol. The van der Waals surface area contributed by atoms with Crippen molar-refractivity contribution >= 4 is 16.9 Å². The summed E-state index contributed by atoms with van der Waals surface area (Å²) in [5.74, 6) is -0.172. The molecule has 0 saturated heterocycles. The maximum Gasteiger partial charge on any atom is 0.274 e. The van der Waals surface area contributed by atoms with E-state index in [-0.39, 0.29) is 5.91 Å². The molecule has 24 heavy (non-hydrogen) atoms. The summed E-state index contributed by atoms with van der Waals surface area (Å²) in [5.41, 5.74) is 2.76. The quantitative estimate of drug-likeness (QED) is 0.689. The van der Waals surface area contributed by atoms with E-state index in [1.54, 1.807) is 22.9 Å². The Labute approximate surface area is 139 Å². The average molecular weight is 325 g/mol. The maximum absolute atomic E-state index is 12.8. The third kappa shape index (κ3) is 3.57. The number of methoxy groups -OCH3 is 1. The van der Waals surface area contributed by atoms with Gasteiger partial charge in [0, 0.05) is 39.0 Å². The van der Waals surface area contributed by atoms with Gasteiger partial charge < -0.3 is 9.64 Å². The van der Waals surface area contributed by atoms with Crippen molar-refractivity contribution < 1.29 is 9.53 Å². The SMILES string of the molecule is COCCN(Cc1cnn(C)c1)C(=O)c1cnc2ccccc2n1. The summed E-state index contributed by atoms with van der Waals surface area (Å²) in [5, 5.41) is 4.14. The third-order valence-electron chi connectivity index (χ3n) is 3.65. The lowest BCUT2D eigenvalue weighted by Gasteiger charge is -2.21. The number of amides is 1. The highest BCUT2D eigenvalue weighted by molar-refractivity contribution is 5.93. The van der Waals surface area contributed by atoms with E-state index in [9.17, 15) is 4.79 Å².